The predicted octanol–water partition coefficient (Wildman–Crippen LogP) is 3.81. The molecule has 2 heterocycles. The molecule has 1 aliphatic heterocycles. The molecule has 1 aliphatic rings. The quantitative estimate of drug-likeness (QED) is 0.668. The number of amides is 1. The van der Waals surface area contributed by atoms with Gasteiger partial charge in [0.05, 0.1) is 25.6 Å². The number of hydrogen-bond acceptors (Lipinski definition) is 4. The van der Waals surface area contributed by atoms with Crippen molar-refractivity contribution in [1.29, 1.82) is 0 Å². The van der Waals surface area contributed by atoms with Crippen LogP contribution in [0.25, 0.3) is 5.69 Å². The topological polar surface area (TPSA) is 89.8 Å². The first-order valence-electron chi connectivity index (χ1n) is 9.19. The van der Waals surface area contributed by atoms with Crippen molar-refractivity contribution in [2.75, 3.05) is 19.5 Å². The molecule has 2 aromatic carbocycles. The summed E-state index contributed by atoms with van der Waals surface area (Å²) in [6.07, 6.45) is 1.56. The Bertz CT molecular complexity index is 1140. The van der Waals surface area contributed by atoms with Crippen molar-refractivity contribution in [2.24, 2.45) is 0 Å². The molecule has 0 aliphatic carbocycles. The number of benzene rings is 2. The van der Waals surface area contributed by atoms with Gasteiger partial charge >= 0.3 is 5.97 Å². The highest BCUT2D eigenvalue weighted by Crippen LogP contribution is 2.43. The molecule has 0 spiro atoms. The number of rotatable bonds is 5. The number of ether oxygens (including phenoxy) is 2. The molecule has 0 unspecified atom stereocenters. The zero-order chi connectivity index (χ0) is 21.4. The number of carboxylic acids is 1. The largest absolute Gasteiger partial charge is 0.493 e. The molecule has 1 amide bonds. The average molecular weight is 410 g/mol. The zero-order valence-electron chi connectivity index (χ0n) is 16.3. The summed E-state index contributed by atoms with van der Waals surface area (Å²) >= 11 is 0. The van der Waals surface area contributed by atoms with Crippen LogP contribution in [0.1, 0.15) is 34.0 Å². The molecule has 1 aromatic heterocycles. The van der Waals surface area contributed by atoms with Crippen LogP contribution in [0.15, 0.2) is 48.7 Å². The van der Waals surface area contributed by atoms with Crippen molar-refractivity contribution in [2.45, 2.75) is 12.3 Å². The number of nitrogens with one attached hydrogen (secondary N) is 1. The number of aromatic carboxylic acids is 1. The molecule has 0 saturated heterocycles. The predicted molar refractivity (Wildman–Crippen MR) is 107 cm³/mol. The Balaban J connectivity index is 1.94. The van der Waals surface area contributed by atoms with E-state index in [0.717, 1.165) is 5.56 Å². The summed E-state index contributed by atoms with van der Waals surface area (Å²) in [6.45, 7) is 0. The maximum Gasteiger partial charge on any atom is 0.339 e. The first kappa shape index (κ1) is 19.5. The molecule has 0 fully saturated rings. The van der Waals surface area contributed by atoms with Crippen LogP contribution in [0.5, 0.6) is 11.5 Å². The highest BCUT2D eigenvalue weighted by molar-refractivity contribution is 6.04. The van der Waals surface area contributed by atoms with Gasteiger partial charge in [-0.25, -0.2) is 9.18 Å². The van der Waals surface area contributed by atoms with Gasteiger partial charge < -0.3 is 24.5 Å². The minimum atomic E-state index is -1.17. The van der Waals surface area contributed by atoms with E-state index >= 15 is 0 Å². The molecule has 8 heteroatoms. The number of fused-ring (bicyclic) bond motifs is 1. The number of carbonyl (C=O) groups excluding carboxylic acids is 1. The molecule has 30 heavy (non-hydrogen) atoms. The normalized spacial score (nSPS) is 15.3. The molecular weight excluding hydrogens is 391 g/mol. The first-order chi connectivity index (χ1) is 14.4. The lowest BCUT2D eigenvalue weighted by Crippen LogP contribution is -2.25. The SMILES string of the molecule is COc1ccc([C@@H]2CC(=O)Nc3c(C(=O)O)cn(-c4ccc(F)cc4)c32)cc1OC. The highest BCUT2D eigenvalue weighted by atomic mass is 19.1. The zero-order valence-corrected chi connectivity index (χ0v) is 16.3. The smallest absolute Gasteiger partial charge is 0.339 e. The maximum absolute atomic E-state index is 13.4. The molecule has 4 rings (SSSR count). The first-order valence-corrected chi connectivity index (χ1v) is 9.19. The van der Waals surface area contributed by atoms with E-state index in [4.69, 9.17) is 9.47 Å². The number of methoxy groups -OCH3 is 2. The Labute approximate surface area is 171 Å². The standard InChI is InChI=1S/C22H19FN2O5/c1-29-17-8-3-12(9-18(17)30-2)15-10-19(26)24-20-16(22(27)28)11-25(21(15)20)14-6-4-13(23)5-7-14/h3-9,11,15H,10H2,1-2H3,(H,24,26)(H,27,28)/t15-/m0/s1. The van der Waals surface area contributed by atoms with Crippen LogP contribution in [0.4, 0.5) is 10.1 Å². The van der Waals surface area contributed by atoms with Crippen LogP contribution < -0.4 is 14.8 Å². The van der Waals surface area contributed by atoms with Crippen LogP contribution in [-0.4, -0.2) is 35.8 Å². The van der Waals surface area contributed by atoms with E-state index in [9.17, 15) is 19.1 Å². The van der Waals surface area contributed by atoms with E-state index < -0.39 is 17.7 Å². The number of carbonyl (C=O) groups is 2. The third-order valence-electron chi connectivity index (χ3n) is 5.17. The van der Waals surface area contributed by atoms with Crippen LogP contribution in [0.2, 0.25) is 0 Å². The fraction of sp³-hybridized carbons (Fsp3) is 0.182. The summed E-state index contributed by atoms with van der Waals surface area (Å²) in [4.78, 5) is 24.3. The minimum Gasteiger partial charge on any atom is -0.493 e. The molecule has 0 saturated carbocycles. The average Bonchev–Trinajstić information content (AvgIpc) is 3.12. The number of halogens is 1. The van der Waals surface area contributed by atoms with Gasteiger partial charge in [0.1, 0.15) is 11.4 Å². The molecule has 0 radical (unpaired) electrons. The maximum atomic E-state index is 13.4. The van der Waals surface area contributed by atoms with E-state index in [1.54, 1.807) is 28.8 Å². The van der Waals surface area contributed by atoms with Crippen molar-refractivity contribution in [3.8, 4) is 17.2 Å². The Morgan fingerprint density at radius 2 is 1.83 bits per heavy atom. The second-order valence-corrected chi connectivity index (χ2v) is 6.87. The summed E-state index contributed by atoms with van der Waals surface area (Å²) in [5.41, 5.74) is 2.16. The van der Waals surface area contributed by atoms with E-state index in [1.807, 2.05) is 6.07 Å². The number of carboxylic acid groups (broad SMARTS) is 1. The van der Waals surface area contributed by atoms with Crippen LogP contribution in [0, 0.1) is 5.82 Å². The molecule has 2 N–H and O–H groups in total. The fourth-order valence-corrected chi connectivity index (χ4v) is 3.79. The second-order valence-electron chi connectivity index (χ2n) is 6.87. The summed E-state index contributed by atoms with van der Waals surface area (Å²) < 4.78 is 25.8. The Morgan fingerprint density at radius 3 is 2.47 bits per heavy atom. The molecule has 154 valence electrons. The van der Waals surface area contributed by atoms with Crippen molar-refractivity contribution in [3.05, 3.63) is 71.3 Å². The van der Waals surface area contributed by atoms with Gasteiger partial charge in [-0.1, -0.05) is 6.07 Å². The van der Waals surface area contributed by atoms with Gasteiger partial charge in [0, 0.05) is 24.2 Å². The van der Waals surface area contributed by atoms with Gasteiger partial charge in [-0.3, -0.25) is 4.79 Å². The summed E-state index contributed by atoms with van der Waals surface area (Å²) in [5.74, 6) is -1.25. The van der Waals surface area contributed by atoms with Crippen LogP contribution >= 0.6 is 0 Å². The summed E-state index contributed by atoms with van der Waals surface area (Å²) in [6, 6.07) is 11.0. The van der Waals surface area contributed by atoms with Gasteiger partial charge in [0.15, 0.2) is 11.5 Å². The number of aromatic nitrogens is 1. The van der Waals surface area contributed by atoms with Gasteiger partial charge in [-0.2, -0.15) is 0 Å². The highest BCUT2D eigenvalue weighted by Gasteiger charge is 2.34. The Kier molecular flexibility index (Phi) is 4.91. The van der Waals surface area contributed by atoms with Gasteiger partial charge in [0.25, 0.3) is 0 Å². The van der Waals surface area contributed by atoms with Gasteiger partial charge in [0.2, 0.25) is 5.91 Å². The molecule has 1 atom stereocenters. The lowest BCUT2D eigenvalue weighted by atomic mass is 9.88. The van der Waals surface area contributed by atoms with E-state index in [2.05, 4.69) is 5.32 Å². The fourth-order valence-electron chi connectivity index (χ4n) is 3.79. The van der Waals surface area contributed by atoms with E-state index in [0.29, 0.717) is 22.9 Å². The Morgan fingerprint density at radius 1 is 1.13 bits per heavy atom. The van der Waals surface area contributed by atoms with Crippen molar-refractivity contribution in [3.63, 3.8) is 0 Å². The van der Waals surface area contributed by atoms with Crippen molar-refractivity contribution < 1.29 is 28.6 Å². The Hall–Kier alpha value is -3.81. The van der Waals surface area contributed by atoms with Gasteiger partial charge in [-0.05, 0) is 42.0 Å². The minimum absolute atomic E-state index is 0.0344. The number of anilines is 1. The molecule has 0 bridgehead atoms. The van der Waals surface area contributed by atoms with E-state index in [1.165, 1.54) is 32.5 Å². The second kappa shape index (κ2) is 7.55. The monoisotopic (exact) mass is 410 g/mol. The lowest BCUT2D eigenvalue weighted by Gasteiger charge is -2.26. The van der Waals surface area contributed by atoms with E-state index in [-0.39, 0.29) is 23.6 Å². The summed E-state index contributed by atoms with van der Waals surface area (Å²) in [5, 5.41) is 12.4. The van der Waals surface area contributed by atoms with Crippen molar-refractivity contribution in [1.82, 2.24) is 4.57 Å². The number of hydrogen-bond donors (Lipinski definition) is 2. The molecule has 3 aromatic rings. The van der Waals surface area contributed by atoms with Crippen LogP contribution in [0.3, 0.4) is 0 Å². The third kappa shape index (κ3) is 3.26. The summed E-state index contributed by atoms with van der Waals surface area (Å²) in [7, 11) is 3.05. The molecular formula is C22H19FN2O5. The van der Waals surface area contributed by atoms with Gasteiger partial charge in [-0.15, -0.1) is 0 Å². The lowest BCUT2D eigenvalue weighted by molar-refractivity contribution is -0.116. The van der Waals surface area contributed by atoms with Crippen LogP contribution in [-0.2, 0) is 4.79 Å². The molecule has 7 nitrogen and oxygen atoms in total. The van der Waals surface area contributed by atoms with Crippen molar-refractivity contribution >= 4 is 17.6 Å². The number of nitrogens with zero attached hydrogens (tertiary/aromatic N) is 1. The third-order valence-corrected chi connectivity index (χ3v) is 5.17.